The predicted molar refractivity (Wildman–Crippen MR) is 315 cm³/mol. The van der Waals surface area contributed by atoms with Crippen molar-refractivity contribution in [3.05, 3.63) is 136 Å². The number of amides is 4. The SMILES string of the molecule is CC[C@@H](C)C(=O)N[C@@H](CNCc1ccc(S(=O)(=O)F)cc1)C(=O)N1CCC[C@H]1C(=O)N[C@@H]1Cc2ccccc2[C@@H]1OCCCOCCO[C@H]1c2ccccc2C[C@H]1CC(=O)[C@@H]1CCCN1C(=O)[C@H](CNCc1ccc(F)cc1)CC(=O)[C@H](C)NC. The second-order valence-electron chi connectivity index (χ2n) is 23.0. The van der Waals surface area contributed by atoms with Gasteiger partial charge in [0.05, 0.1) is 48.3 Å². The number of carbonyl (C=O) groups excluding carboxylic acids is 6. The summed E-state index contributed by atoms with van der Waals surface area (Å²) in [6, 6.07) is 24.1. The first kappa shape index (κ1) is 64.7. The van der Waals surface area contributed by atoms with E-state index in [-0.39, 0.29) is 92.1 Å². The summed E-state index contributed by atoms with van der Waals surface area (Å²) in [5.74, 6) is -2.91. The summed E-state index contributed by atoms with van der Waals surface area (Å²) < 4.78 is 68.8. The Morgan fingerprint density at radius 2 is 1.31 bits per heavy atom. The Hall–Kier alpha value is -6.33. The van der Waals surface area contributed by atoms with Crippen molar-refractivity contribution in [3.8, 4) is 0 Å². The zero-order valence-electron chi connectivity index (χ0n) is 49.2. The first-order valence-electron chi connectivity index (χ1n) is 30.0. The lowest BCUT2D eigenvalue weighted by molar-refractivity contribution is -0.143. The van der Waals surface area contributed by atoms with Gasteiger partial charge >= 0.3 is 10.2 Å². The molecule has 21 heteroatoms. The van der Waals surface area contributed by atoms with Crippen molar-refractivity contribution in [1.82, 2.24) is 36.4 Å². The fourth-order valence-electron chi connectivity index (χ4n) is 12.1. The van der Waals surface area contributed by atoms with Crippen LogP contribution >= 0.6 is 0 Å². The van der Waals surface area contributed by atoms with Crippen LogP contribution in [0.25, 0.3) is 0 Å². The van der Waals surface area contributed by atoms with E-state index >= 15 is 0 Å². The summed E-state index contributed by atoms with van der Waals surface area (Å²) in [7, 11) is -3.16. The molecule has 0 radical (unpaired) electrons. The number of rotatable bonds is 32. The highest BCUT2D eigenvalue weighted by Gasteiger charge is 2.43. The Morgan fingerprint density at radius 3 is 1.96 bits per heavy atom. The number of nitrogens with one attached hydrogen (secondary N) is 5. The molecule has 5 N–H and O–H groups in total. The lowest BCUT2D eigenvalue weighted by atomic mass is 9.92. The number of carbonyl (C=O) groups is 6. The van der Waals surface area contributed by atoms with Crippen LogP contribution in [0.4, 0.5) is 8.28 Å². The van der Waals surface area contributed by atoms with E-state index in [1.807, 2.05) is 49.4 Å². The molecule has 10 atom stereocenters. The van der Waals surface area contributed by atoms with Crippen LogP contribution in [0.5, 0.6) is 0 Å². The average Bonchev–Trinajstić information content (AvgIpc) is 3.99. The van der Waals surface area contributed by atoms with Crippen LogP contribution in [0.2, 0.25) is 0 Å². The van der Waals surface area contributed by atoms with Crippen molar-refractivity contribution in [2.75, 3.05) is 59.7 Å². The molecule has 18 nitrogen and oxygen atoms in total. The Bertz CT molecular complexity index is 3050. The number of benzene rings is 4. The van der Waals surface area contributed by atoms with Gasteiger partial charge in [-0.3, -0.25) is 28.8 Å². The third kappa shape index (κ3) is 17.2. The zero-order chi connectivity index (χ0) is 60.6. The smallest absolute Gasteiger partial charge is 0.332 e. The molecule has 0 bridgehead atoms. The van der Waals surface area contributed by atoms with Crippen LogP contribution in [0.15, 0.2) is 102 Å². The normalized spacial score (nSPS) is 21.4. The zero-order valence-corrected chi connectivity index (χ0v) is 50.0. The van der Waals surface area contributed by atoms with Crippen molar-refractivity contribution in [2.24, 2.45) is 17.8 Å². The number of hydrogen-bond donors (Lipinski definition) is 5. The summed E-state index contributed by atoms with van der Waals surface area (Å²) in [6.07, 6.45) is 3.96. The Morgan fingerprint density at radius 1 is 0.706 bits per heavy atom. The number of likely N-dealkylation sites (N-methyl/N-ethyl adjacent to an activating group) is 1. The van der Waals surface area contributed by atoms with Gasteiger partial charge in [-0.1, -0.05) is 86.6 Å². The number of nitrogens with zero attached hydrogens (tertiary/aromatic N) is 2. The molecular weight excluding hydrogens is 1110 g/mol. The Kier molecular flexibility index (Phi) is 23.5. The van der Waals surface area contributed by atoms with Crippen LogP contribution in [0.3, 0.4) is 0 Å². The van der Waals surface area contributed by atoms with Gasteiger partial charge in [0.25, 0.3) is 0 Å². The molecule has 4 aromatic carbocycles. The number of ether oxygens (including phenoxy) is 3. The highest BCUT2D eigenvalue weighted by Crippen LogP contribution is 2.42. The number of ketones is 2. The molecule has 0 saturated carbocycles. The van der Waals surface area contributed by atoms with E-state index in [4.69, 9.17) is 14.2 Å². The summed E-state index contributed by atoms with van der Waals surface area (Å²) in [5.41, 5.74) is 5.65. The quantitative estimate of drug-likeness (QED) is 0.0273. The van der Waals surface area contributed by atoms with E-state index in [9.17, 15) is 45.5 Å². The van der Waals surface area contributed by atoms with Crippen LogP contribution in [0.1, 0.15) is 118 Å². The highest BCUT2D eigenvalue weighted by atomic mass is 32.3. The molecule has 460 valence electrons. The van der Waals surface area contributed by atoms with E-state index in [1.165, 1.54) is 29.2 Å². The van der Waals surface area contributed by atoms with E-state index in [2.05, 4.69) is 32.7 Å². The predicted octanol–water partition coefficient (Wildman–Crippen LogP) is 6.15. The molecule has 0 aromatic heterocycles. The van der Waals surface area contributed by atoms with Crippen LogP contribution in [0, 0.1) is 23.6 Å². The molecular formula is C64H83F2N7O11S. The van der Waals surface area contributed by atoms with Gasteiger partial charge in [-0.15, -0.1) is 3.89 Å². The standard InChI is InChI=1S/C64H83F2N7O11S/c1-5-41(2)61(76)71-54(40-69-38-44-21-25-50(26-22-44)85(66,80)81)64(79)73-28-11-18-56(73)62(77)70-53-34-46-14-7-9-16-52(46)60(53)83-30-12-29-82-31-32-84-59-47(33-45-13-6-8-15-51(45)59)35-58(75)55-17-10-27-72(55)63(78)48(36-57(74)42(3)67-4)39-68-37-43-19-23-49(65)24-20-43/h6-9,13-16,19-26,41-42,47-48,53-56,59-60,67-69H,5,10-12,17-18,27-40H2,1-4H3,(H,70,77)(H,71,76)/t41-,42+,47+,48+,53-,54+,55+,56+,59-,60+/m1/s1. The van der Waals surface area contributed by atoms with Gasteiger partial charge in [0.1, 0.15) is 29.8 Å². The van der Waals surface area contributed by atoms with Crippen LogP contribution in [-0.2, 0) is 79.1 Å². The van der Waals surface area contributed by atoms with E-state index < -0.39 is 63.3 Å². The van der Waals surface area contributed by atoms with Crippen molar-refractivity contribution in [2.45, 2.75) is 145 Å². The minimum atomic E-state index is -4.86. The third-order valence-electron chi connectivity index (χ3n) is 17.1. The molecule has 4 aromatic rings. The molecule has 2 aliphatic heterocycles. The second-order valence-corrected chi connectivity index (χ2v) is 24.3. The number of Topliss-reactive ketones (excluding diaryl/α,β-unsaturated/α-hetero) is 2. The van der Waals surface area contributed by atoms with Gasteiger partial charge in [0, 0.05) is 77.2 Å². The first-order valence-corrected chi connectivity index (χ1v) is 31.4. The molecule has 2 saturated heterocycles. The topological polar surface area (TPSA) is 231 Å². The largest absolute Gasteiger partial charge is 0.379 e. The van der Waals surface area contributed by atoms with Crippen molar-refractivity contribution >= 4 is 45.4 Å². The Balaban J connectivity index is 0.811. The average molecular weight is 1200 g/mol. The first-order chi connectivity index (χ1) is 40.9. The molecule has 4 amide bonds. The maximum absolute atomic E-state index is 14.3. The van der Waals surface area contributed by atoms with Gasteiger partial charge in [-0.2, -0.15) is 8.42 Å². The lowest BCUT2D eigenvalue weighted by Crippen LogP contribution is -2.57. The lowest BCUT2D eigenvalue weighted by Gasteiger charge is -2.31. The van der Waals surface area contributed by atoms with E-state index in [0.717, 1.165) is 39.9 Å². The second kappa shape index (κ2) is 30.8. The van der Waals surface area contributed by atoms with Gasteiger partial charge in [-0.05, 0) is 123 Å². The Labute approximate surface area is 498 Å². The molecule has 8 rings (SSSR count). The van der Waals surface area contributed by atoms with Crippen molar-refractivity contribution in [3.63, 3.8) is 0 Å². The summed E-state index contributed by atoms with van der Waals surface area (Å²) >= 11 is 0. The van der Waals surface area contributed by atoms with Crippen LogP contribution in [-0.4, -0.2) is 143 Å². The van der Waals surface area contributed by atoms with Gasteiger partial charge in [-0.25, -0.2) is 4.39 Å². The van der Waals surface area contributed by atoms with E-state index in [1.54, 1.807) is 37.9 Å². The minimum absolute atomic E-state index is 0.0108. The summed E-state index contributed by atoms with van der Waals surface area (Å²) in [4.78, 5) is 86.3. The van der Waals surface area contributed by atoms with Gasteiger partial charge in [0.15, 0.2) is 5.78 Å². The number of fused-ring (bicyclic) bond motifs is 2. The fourth-order valence-corrected chi connectivity index (χ4v) is 12.5. The number of halogens is 2. The summed E-state index contributed by atoms with van der Waals surface area (Å²) in [5, 5.41) is 15.5. The van der Waals surface area contributed by atoms with Gasteiger partial charge in [0.2, 0.25) is 23.6 Å². The molecule has 85 heavy (non-hydrogen) atoms. The monoisotopic (exact) mass is 1200 g/mol. The maximum Gasteiger partial charge on any atom is 0.332 e. The van der Waals surface area contributed by atoms with Crippen molar-refractivity contribution < 1.29 is 59.7 Å². The van der Waals surface area contributed by atoms with E-state index in [0.29, 0.717) is 96.4 Å². The maximum atomic E-state index is 14.3. The van der Waals surface area contributed by atoms with Crippen molar-refractivity contribution in [1.29, 1.82) is 0 Å². The molecule has 2 fully saturated rings. The molecule has 0 spiro atoms. The number of hydrogen-bond acceptors (Lipinski definition) is 14. The fraction of sp³-hybridized carbons (Fsp3) is 0.531. The third-order valence-corrected chi connectivity index (χ3v) is 18.0. The minimum Gasteiger partial charge on any atom is -0.379 e. The summed E-state index contributed by atoms with van der Waals surface area (Å²) in [6.45, 7) is 8.29. The molecule has 2 heterocycles. The number of likely N-dealkylation sites (tertiary alicyclic amines) is 2. The van der Waals surface area contributed by atoms with Gasteiger partial charge < -0.3 is 50.6 Å². The highest BCUT2D eigenvalue weighted by molar-refractivity contribution is 7.86. The molecule has 0 unspecified atom stereocenters. The molecule has 4 aliphatic rings. The molecule has 2 aliphatic carbocycles. The van der Waals surface area contributed by atoms with Crippen LogP contribution < -0.4 is 26.6 Å².